The average molecular weight is 465 g/mol. The third-order valence-electron chi connectivity index (χ3n) is 4.47. The maximum Gasteiger partial charge on any atom is 0.416 e. The van der Waals surface area contributed by atoms with Crippen LogP contribution in [0.3, 0.4) is 0 Å². The molecule has 0 atom stereocenters. The van der Waals surface area contributed by atoms with Gasteiger partial charge in [-0.2, -0.15) is 13.2 Å². The fourth-order valence-corrected chi connectivity index (χ4v) is 4.12. The van der Waals surface area contributed by atoms with Gasteiger partial charge in [-0.15, -0.1) is 0 Å². The van der Waals surface area contributed by atoms with Gasteiger partial charge in [0.2, 0.25) is 0 Å². The van der Waals surface area contributed by atoms with Gasteiger partial charge < -0.3 is 15.4 Å². The molecule has 2 heterocycles. The number of nitrogens with zero attached hydrogens (tertiary/aromatic N) is 1. The number of hydrogen-bond acceptors (Lipinski definition) is 5. The molecular formula is C20H14F3N3O3S2. The summed E-state index contributed by atoms with van der Waals surface area (Å²) in [5.74, 6) is 0.148. The maximum atomic E-state index is 12.9. The molecule has 0 saturated carbocycles. The molecule has 2 aliphatic heterocycles. The van der Waals surface area contributed by atoms with E-state index in [0.717, 1.165) is 23.9 Å². The number of hydrogen-bond donors (Lipinski definition) is 2. The standard InChI is InChI=1S/C20H14F3N3O3S2/c21-20(22,23)12-2-1-3-13(10-12)24-18(28)26-6-7-29-15-5-4-11(8-14(15)26)9-16-17(27)25-19(30)31-16/h1-5,8-10H,6-7H2,(H,24,28)(H,25,27,30)/b16-9-. The van der Waals surface area contributed by atoms with E-state index in [2.05, 4.69) is 10.6 Å². The molecular weight excluding hydrogens is 451 g/mol. The van der Waals surface area contributed by atoms with Crippen molar-refractivity contribution in [1.29, 1.82) is 0 Å². The second kappa shape index (κ2) is 8.23. The zero-order chi connectivity index (χ0) is 22.2. The van der Waals surface area contributed by atoms with Crippen LogP contribution in [0.1, 0.15) is 11.1 Å². The molecule has 0 aromatic heterocycles. The number of anilines is 2. The van der Waals surface area contributed by atoms with E-state index < -0.39 is 17.8 Å². The zero-order valence-corrected chi connectivity index (χ0v) is 17.3. The highest BCUT2D eigenvalue weighted by molar-refractivity contribution is 8.26. The van der Waals surface area contributed by atoms with Crippen molar-refractivity contribution < 1.29 is 27.5 Å². The number of halogens is 3. The first kappa shape index (κ1) is 21.2. The highest BCUT2D eigenvalue weighted by atomic mass is 32.2. The van der Waals surface area contributed by atoms with Gasteiger partial charge in [0.25, 0.3) is 5.91 Å². The number of fused-ring (bicyclic) bond motifs is 1. The number of thioether (sulfide) groups is 1. The monoisotopic (exact) mass is 465 g/mol. The molecule has 1 saturated heterocycles. The molecule has 4 rings (SSSR count). The lowest BCUT2D eigenvalue weighted by molar-refractivity contribution is -0.137. The zero-order valence-electron chi connectivity index (χ0n) is 15.7. The van der Waals surface area contributed by atoms with Crippen molar-refractivity contribution in [1.82, 2.24) is 5.32 Å². The van der Waals surface area contributed by atoms with Gasteiger partial charge >= 0.3 is 12.2 Å². The Kier molecular flexibility index (Phi) is 5.63. The first-order valence-corrected chi connectivity index (χ1v) is 10.2. The molecule has 2 aromatic carbocycles. The van der Waals surface area contributed by atoms with Gasteiger partial charge in [0.05, 0.1) is 22.7 Å². The molecule has 6 nitrogen and oxygen atoms in total. The lowest BCUT2D eigenvalue weighted by atomic mass is 10.1. The Morgan fingerprint density at radius 1 is 1.26 bits per heavy atom. The topological polar surface area (TPSA) is 70.7 Å². The summed E-state index contributed by atoms with van der Waals surface area (Å²) >= 11 is 6.11. The van der Waals surface area contributed by atoms with Crippen LogP contribution < -0.4 is 20.3 Å². The largest absolute Gasteiger partial charge is 0.490 e. The summed E-state index contributed by atoms with van der Waals surface area (Å²) in [6, 6.07) is 8.89. The Labute approximate surface area is 184 Å². The molecule has 2 aromatic rings. The maximum absolute atomic E-state index is 12.9. The number of ether oxygens (including phenoxy) is 1. The van der Waals surface area contributed by atoms with Crippen LogP contribution in [0, 0.1) is 0 Å². The first-order valence-electron chi connectivity index (χ1n) is 8.98. The number of nitrogens with one attached hydrogen (secondary N) is 2. The van der Waals surface area contributed by atoms with E-state index >= 15 is 0 Å². The van der Waals surface area contributed by atoms with E-state index in [4.69, 9.17) is 17.0 Å². The Morgan fingerprint density at radius 2 is 2.06 bits per heavy atom. The van der Waals surface area contributed by atoms with Gasteiger partial charge in [0.15, 0.2) is 0 Å². The molecule has 2 N–H and O–H groups in total. The highest BCUT2D eigenvalue weighted by Crippen LogP contribution is 2.35. The highest BCUT2D eigenvalue weighted by Gasteiger charge is 2.31. The van der Waals surface area contributed by atoms with E-state index in [1.165, 1.54) is 17.0 Å². The van der Waals surface area contributed by atoms with Crippen LogP contribution in [0.5, 0.6) is 5.75 Å². The molecule has 0 unspecified atom stereocenters. The van der Waals surface area contributed by atoms with Crippen molar-refractivity contribution in [3.05, 3.63) is 58.5 Å². The number of urea groups is 1. The molecule has 0 spiro atoms. The van der Waals surface area contributed by atoms with Gasteiger partial charge in [-0.3, -0.25) is 9.69 Å². The van der Waals surface area contributed by atoms with E-state index in [9.17, 15) is 22.8 Å². The Balaban J connectivity index is 1.59. The summed E-state index contributed by atoms with van der Waals surface area (Å²) in [6.45, 7) is 0.438. The third-order valence-corrected chi connectivity index (χ3v) is 5.64. The molecule has 160 valence electrons. The van der Waals surface area contributed by atoms with Crippen molar-refractivity contribution in [3.8, 4) is 5.75 Å². The number of amides is 3. The second-order valence-corrected chi connectivity index (χ2v) is 8.31. The van der Waals surface area contributed by atoms with Crippen LogP contribution in [-0.2, 0) is 11.0 Å². The Hall–Kier alpha value is -3.05. The van der Waals surface area contributed by atoms with Crippen LogP contribution in [0.15, 0.2) is 47.4 Å². The van der Waals surface area contributed by atoms with Crippen molar-refractivity contribution in [2.45, 2.75) is 6.18 Å². The van der Waals surface area contributed by atoms with Gasteiger partial charge in [0.1, 0.15) is 16.7 Å². The number of benzene rings is 2. The molecule has 11 heteroatoms. The van der Waals surface area contributed by atoms with Crippen molar-refractivity contribution in [3.63, 3.8) is 0 Å². The second-order valence-electron chi connectivity index (χ2n) is 6.59. The Morgan fingerprint density at radius 3 is 2.77 bits per heavy atom. The van der Waals surface area contributed by atoms with E-state index in [-0.39, 0.29) is 24.7 Å². The summed E-state index contributed by atoms with van der Waals surface area (Å²) < 4.78 is 44.8. The number of carbonyl (C=O) groups is 2. The predicted molar refractivity (Wildman–Crippen MR) is 116 cm³/mol. The summed E-state index contributed by atoms with van der Waals surface area (Å²) in [7, 11) is 0. The van der Waals surface area contributed by atoms with Crippen molar-refractivity contribution >= 4 is 57.7 Å². The molecule has 0 bridgehead atoms. The summed E-state index contributed by atoms with van der Waals surface area (Å²) in [5, 5.41) is 5.03. The lowest BCUT2D eigenvalue weighted by Gasteiger charge is -2.30. The normalized spacial score (nSPS) is 17.3. The minimum atomic E-state index is -4.51. The van der Waals surface area contributed by atoms with Crippen molar-refractivity contribution in [2.24, 2.45) is 0 Å². The Bertz CT molecular complexity index is 1120. The number of carbonyl (C=O) groups excluding carboxylic acids is 2. The summed E-state index contributed by atoms with van der Waals surface area (Å²) in [5.41, 5.74) is 0.255. The number of thiocarbonyl (C=S) groups is 1. The molecule has 0 radical (unpaired) electrons. The minimum Gasteiger partial charge on any atom is -0.490 e. The number of alkyl halides is 3. The van der Waals surface area contributed by atoms with Crippen LogP contribution in [0.2, 0.25) is 0 Å². The summed E-state index contributed by atoms with van der Waals surface area (Å²) in [4.78, 5) is 26.5. The molecule has 0 aliphatic carbocycles. The molecule has 2 aliphatic rings. The van der Waals surface area contributed by atoms with E-state index in [1.54, 1.807) is 24.3 Å². The van der Waals surface area contributed by atoms with Gasteiger partial charge in [0, 0.05) is 5.69 Å². The molecule has 1 fully saturated rings. The summed E-state index contributed by atoms with van der Waals surface area (Å²) in [6.07, 6.45) is -2.88. The van der Waals surface area contributed by atoms with Crippen molar-refractivity contribution in [2.75, 3.05) is 23.4 Å². The fraction of sp³-hybridized carbons (Fsp3) is 0.150. The fourth-order valence-electron chi connectivity index (χ4n) is 3.07. The SMILES string of the molecule is O=C1NC(=S)S/C1=C\c1ccc2c(c1)N(C(=O)Nc1cccc(C(F)(F)F)c1)CCO2. The van der Waals surface area contributed by atoms with E-state index in [1.807, 2.05) is 0 Å². The van der Waals surface area contributed by atoms with Crippen LogP contribution in [-0.4, -0.2) is 29.4 Å². The predicted octanol–water partition coefficient (Wildman–Crippen LogP) is 4.63. The smallest absolute Gasteiger partial charge is 0.416 e. The molecule has 3 amide bonds. The number of rotatable bonds is 2. The van der Waals surface area contributed by atoms with Crippen LogP contribution in [0.25, 0.3) is 6.08 Å². The van der Waals surface area contributed by atoms with Gasteiger partial charge in [-0.1, -0.05) is 36.1 Å². The van der Waals surface area contributed by atoms with Gasteiger partial charge in [-0.05, 0) is 42.0 Å². The average Bonchev–Trinajstić information content (AvgIpc) is 3.03. The van der Waals surface area contributed by atoms with Crippen LogP contribution in [0.4, 0.5) is 29.3 Å². The van der Waals surface area contributed by atoms with E-state index in [0.29, 0.717) is 26.2 Å². The molecule has 31 heavy (non-hydrogen) atoms. The minimum absolute atomic E-state index is 0.0266. The third kappa shape index (κ3) is 4.67. The quantitative estimate of drug-likeness (QED) is 0.500. The van der Waals surface area contributed by atoms with Crippen LogP contribution >= 0.6 is 24.0 Å². The first-order chi connectivity index (χ1) is 14.7. The van der Waals surface area contributed by atoms with Gasteiger partial charge in [-0.25, -0.2) is 4.79 Å². The lowest BCUT2D eigenvalue weighted by Crippen LogP contribution is -2.40.